The van der Waals surface area contributed by atoms with Gasteiger partial charge >= 0.3 is 0 Å². The van der Waals surface area contributed by atoms with Gasteiger partial charge in [-0.05, 0) is 81.1 Å². The minimum absolute atomic E-state index is 0.290. The van der Waals surface area contributed by atoms with Crippen molar-refractivity contribution in [3.05, 3.63) is 22.5 Å². The van der Waals surface area contributed by atoms with Gasteiger partial charge in [0.15, 0.2) is 5.75 Å². The number of hydrogen-bond acceptors (Lipinski definition) is 2. The highest BCUT2D eigenvalue weighted by Gasteiger charge is 2.50. The molecule has 4 aliphatic carbocycles. The third-order valence-electron chi connectivity index (χ3n) is 6.46. The molecule has 0 atom stereocenters. The van der Waals surface area contributed by atoms with Gasteiger partial charge in [-0.1, -0.05) is 12.2 Å². The smallest absolute Gasteiger partial charge is 0.152 e. The Morgan fingerprint density at radius 3 is 2.33 bits per heavy atom. The molecule has 1 aromatic heterocycles. The molecule has 0 aliphatic heterocycles. The molecule has 0 unspecified atom stereocenters. The zero-order valence-corrected chi connectivity index (χ0v) is 13.7. The highest BCUT2D eigenvalue weighted by molar-refractivity contribution is 7.71. The molecule has 3 heteroatoms. The van der Waals surface area contributed by atoms with E-state index in [1.54, 1.807) is 0 Å². The van der Waals surface area contributed by atoms with E-state index < -0.39 is 0 Å². The maximum absolute atomic E-state index is 10.0. The van der Waals surface area contributed by atoms with E-state index in [0.717, 1.165) is 30.0 Å². The van der Waals surface area contributed by atoms with Gasteiger partial charge in [0, 0.05) is 12.7 Å². The fourth-order valence-corrected chi connectivity index (χ4v) is 6.07. The monoisotopic (exact) mass is 303 g/mol. The van der Waals surface area contributed by atoms with E-state index in [0.29, 0.717) is 9.93 Å². The summed E-state index contributed by atoms with van der Waals surface area (Å²) < 4.78 is 2.77. The minimum atomic E-state index is 0.290. The van der Waals surface area contributed by atoms with E-state index in [1.165, 1.54) is 44.9 Å². The van der Waals surface area contributed by atoms with Gasteiger partial charge in [0.2, 0.25) is 0 Å². The molecule has 4 aliphatic rings. The summed E-state index contributed by atoms with van der Waals surface area (Å²) >= 11 is 5.14. The summed E-state index contributed by atoms with van der Waals surface area (Å²) in [6.07, 6.45) is 12.2. The van der Waals surface area contributed by atoms with Crippen molar-refractivity contribution in [2.75, 3.05) is 0 Å². The van der Waals surface area contributed by atoms with E-state index in [-0.39, 0.29) is 5.75 Å². The van der Waals surface area contributed by atoms with Crippen LogP contribution in [0, 0.1) is 34.6 Å². The minimum Gasteiger partial charge on any atom is -0.505 e. The Labute approximate surface area is 132 Å². The third kappa shape index (κ3) is 2.34. The lowest BCUT2D eigenvalue weighted by Gasteiger charge is -2.57. The largest absolute Gasteiger partial charge is 0.505 e. The van der Waals surface area contributed by atoms with Crippen LogP contribution < -0.4 is 0 Å². The van der Waals surface area contributed by atoms with Crippen molar-refractivity contribution in [3.63, 3.8) is 0 Å². The van der Waals surface area contributed by atoms with Gasteiger partial charge < -0.3 is 9.67 Å². The first-order chi connectivity index (χ1) is 10.0. The molecule has 0 radical (unpaired) electrons. The highest BCUT2D eigenvalue weighted by Crippen LogP contribution is 2.61. The van der Waals surface area contributed by atoms with Crippen LogP contribution in [0.5, 0.6) is 5.75 Å². The Hall–Kier alpha value is -0.830. The molecule has 4 saturated carbocycles. The zero-order chi connectivity index (χ0) is 14.6. The number of aromatic nitrogens is 1. The van der Waals surface area contributed by atoms with Crippen LogP contribution in [0.15, 0.2) is 12.3 Å². The predicted octanol–water partition coefficient (Wildman–Crippen LogP) is 4.84. The molecule has 2 nitrogen and oxygen atoms in total. The summed E-state index contributed by atoms with van der Waals surface area (Å²) in [5, 5.41) is 10.0. The molecule has 1 heterocycles. The van der Waals surface area contributed by atoms with Crippen molar-refractivity contribution in [1.29, 1.82) is 0 Å². The van der Waals surface area contributed by atoms with Gasteiger partial charge in [-0.25, -0.2) is 0 Å². The summed E-state index contributed by atoms with van der Waals surface area (Å²) in [6.45, 7) is 3.01. The fourth-order valence-electron chi connectivity index (χ4n) is 5.86. The Morgan fingerprint density at radius 1 is 1.19 bits per heavy atom. The topological polar surface area (TPSA) is 25.2 Å². The molecule has 0 saturated heterocycles. The number of aryl methyl sites for hydroxylation is 1. The Bertz CT molecular complexity index is 583. The van der Waals surface area contributed by atoms with Crippen molar-refractivity contribution in [3.8, 4) is 5.75 Å². The maximum atomic E-state index is 10.0. The van der Waals surface area contributed by atoms with Crippen LogP contribution in [0.1, 0.15) is 50.6 Å². The van der Waals surface area contributed by atoms with Crippen molar-refractivity contribution in [1.82, 2.24) is 4.57 Å². The molecule has 0 spiro atoms. The van der Waals surface area contributed by atoms with Gasteiger partial charge in [0.05, 0.1) is 10.2 Å². The van der Waals surface area contributed by atoms with Gasteiger partial charge in [-0.3, -0.25) is 0 Å². The summed E-state index contributed by atoms with van der Waals surface area (Å²) in [6, 6.07) is 1.86. The highest BCUT2D eigenvalue weighted by atomic mass is 32.1. The summed E-state index contributed by atoms with van der Waals surface area (Å²) in [7, 11) is 0. The molecule has 4 bridgehead atoms. The molecule has 0 amide bonds. The molecule has 21 heavy (non-hydrogen) atoms. The van der Waals surface area contributed by atoms with Gasteiger partial charge in [0.1, 0.15) is 0 Å². The molecule has 1 N–H and O–H groups in total. The second-order valence-electron chi connectivity index (χ2n) is 7.97. The quantitative estimate of drug-likeness (QED) is 0.808. The van der Waals surface area contributed by atoms with Crippen LogP contribution in [0.2, 0.25) is 0 Å². The molecule has 114 valence electrons. The first kappa shape index (κ1) is 13.8. The van der Waals surface area contributed by atoms with Crippen molar-refractivity contribution < 1.29 is 5.11 Å². The molecule has 5 rings (SSSR count). The summed E-state index contributed by atoms with van der Waals surface area (Å²) in [5.74, 6) is 3.35. The average molecular weight is 303 g/mol. The fraction of sp³-hybridized carbons (Fsp3) is 0.722. The lowest BCUT2D eigenvalue weighted by molar-refractivity contribution is -0.0592. The van der Waals surface area contributed by atoms with Gasteiger partial charge in [-0.15, -0.1) is 0 Å². The van der Waals surface area contributed by atoms with Crippen LogP contribution in [0.3, 0.4) is 0 Å². The first-order valence-electron chi connectivity index (χ1n) is 8.44. The lowest BCUT2D eigenvalue weighted by Crippen LogP contribution is -2.46. The number of aromatic hydroxyl groups is 1. The number of hydrogen-bond donors (Lipinski definition) is 1. The molecule has 1 aromatic rings. The average Bonchev–Trinajstić information content (AvgIpc) is 2.42. The van der Waals surface area contributed by atoms with E-state index in [1.807, 2.05) is 13.0 Å². The Morgan fingerprint density at radius 2 is 1.76 bits per heavy atom. The van der Waals surface area contributed by atoms with Crippen LogP contribution in [0.4, 0.5) is 0 Å². The molecule has 0 aromatic carbocycles. The van der Waals surface area contributed by atoms with Gasteiger partial charge in [-0.2, -0.15) is 0 Å². The van der Waals surface area contributed by atoms with Crippen LogP contribution in [-0.4, -0.2) is 9.67 Å². The van der Waals surface area contributed by atoms with Gasteiger partial charge in [0.25, 0.3) is 0 Å². The molecular weight excluding hydrogens is 278 g/mol. The zero-order valence-electron chi connectivity index (χ0n) is 12.8. The van der Waals surface area contributed by atoms with E-state index in [2.05, 4.69) is 10.8 Å². The maximum Gasteiger partial charge on any atom is 0.152 e. The third-order valence-corrected chi connectivity index (χ3v) is 6.79. The first-order valence-corrected chi connectivity index (χ1v) is 8.84. The van der Waals surface area contributed by atoms with Crippen molar-refractivity contribution in [2.45, 2.75) is 58.4 Å². The van der Waals surface area contributed by atoms with E-state index in [9.17, 15) is 5.11 Å². The van der Waals surface area contributed by atoms with Crippen LogP contribution in [-0.2, 0) is 6.54 Å². The van der Waals surface area contributed by atoms with E-state index >= 15 is 0 Å². The predicted molar refractivity (Wildman–Crippen MR) is 86.9 cm³/mol. The summed E-state index contributed by atoms with van der Waals surface area (Å²) in [4.78, 5) is 0. The Balaban J connectivity index is 1.52. The van der Waals surface area contributed by atoms with Crippen molar-refractivity contribution >= 4 is 12.2 Å². The van der Waals surface area contributed by atoms with E-state index in [4.69, 9.17) is 12.2 Å². The van der Waals surface area contributed by atoms with Crippen LogP contribution >= 0.6 is 12.2 Å². The molecule has 4 fully saturated rings. The van der Waals surface area contributed by atoms with Crippen molar-refractivity contribution in [2.24, 2.45) is 23.2 Å². The Kier molecular flexibility index (Phi) is 3.18. The lowest BCUT2D eigenvalue weighted by atomic mass is 9.49. The summed E-state index contributed by atoms with van der Waals surface area (Å²) in [5.41, 5.74) is 1.53. The second kappa shape index (κ2) is 4.84. The van der Waals surface area contributed by atoms with Crippen LogP contribution in [0.25, 0.3) is 0 Å². The number of pyridine rings is 1. The number of nitrogens with zero attached hydrogens (tertiary/aromatic N) is 1. The SMILES string of the molecule is Cc1c(O)c(=S)ccn1CCC12CC3CC(CC(C3)C1)C2. The molecular formula is C18H25NOS. The second-order valence-corrected chi connectivity index (χ2v) is 8.41. The normalized spacial score (nSPS) is 37.1. The standard InChI is InChI=1S/C18H25NOS/c1-12-17(20)16(21)2-4-19(12)5-3-18-9-13-6-14(10-18)8-15(7-13)11-18/h2,4,13-15,20H,3,5-11H2,1H3. The number of rotatable bonds is 3.